The summed E-state index contributed by atoms with van der Waals surface area (Å²) in [6, 6.07) is 0.400. The average molecular weight is 228 g/mol. The molecule has 2 aliphatic rings. The molecular formula is C11H20N2OS. The third kappa shape index (κ3) is 2.31. The van der Waals surface area contributed by atoms with E-state index in [-0.39, 0.29) is 5.92 Å². The number of carbonyl (C=O) groups excluding carboxylic acids is 1. The molecule has 1 amide bonds. The molecule has 2 saturated heterocycles. The molecule has 0 aromatic heterocycles. The maximum atomic E-state index is 12.2. The molecule has 86 valence electrons. The Balaban J connectivity index is 1.98. The van der Waals surface area contributed by atoms with Crippen LogP contribution in [0.5, 0.6) is 0 Å². The second kappa shape index (κ2) is 4.74. The van der Waals surface area contributed by atoms with Gasteiger partial charge in [0.05, 0.1) is 5.92 Å². The van der Waals surface area contributed by atoms with Crippen molar-refractivity contribution >= 4 is 17.7 Å². The highest BCUT2D eigenvalue weighted by Gasteiger charge is 2.33. The van der Waals surface area contributed by atoms with Crippen molar-refractivity contribution < 1.29 is 4.79 Å². The summed E-state index contributed by atoms with van der Waals surface area (Å²) in [4.78, 5) is 14.3. The van der Waals surface area contributed by atoms with Crippen LogP contribution in [-0.2, 0) is 4.79 Å². The summed E-state index contributed by atoms with van der Waals surface area (Å²) >= 11 is 1.98. The predicted octanol–water partition coefficient (Wildman–Crippen LogP) is 0.948. The Bertz CT molecular complexity index is 241. The maximum Gasteiger partial charge on any atom is 0.227 e. The summed E-state index contributed by atoms with van der Waals surface area (Å²) in [6.45, 7) is 7.22. The molecule has 0 aliphatic carbocycles. The van der Waals surface area contributed by atoms with Gasteiger partial charge in [-0.2, -0.15) is 11.8 Å². The Labute approximate surface area is 96.0 Å². The van der Waals surface area contributed by atoms with Crippen LogP contribution in [0.25, 0.3) is 0 Å². The molecule has 0 radical (unpaired) electrons. The Hall–Kier alpha value is -0.220. The van der Waals surface area contributed by atoms with Crippen LogP contribution in [0.4, 0.5) is 0 Å². The third-order valence-corrected chi connectivity index (χ3v) is 4.91. The first-order valence-corrected chi connectivity index (χ1v) is 6.88. The van der Waals surface area contributed by atoms with Gasteiger partial charge in [0.25, 0.3) is 0 Å². The van der Waals surface area contributed by atoms with E-state index in [1.807, 2.05) is 11.8 Å². The number of amides is 1. The van der Waals surface area contributed by atoms with Crippen LogP contribution >= 0.6 is 11.8 Å². The molecule has 2 heterocycles. The van der Waals surface area contributed by atoms with Gasteiger partial charge in [0, 0.05) is 30.1 Å². The van der Waals surface area contributed by atoms with Gasteiger partial charge in [-0.3, -0.25) is 4.79 Å². The first-order chi connectivity index (χ1) is 7.20. The molecule has 15 heavy (non-hydrogen) atoms. The maximum absolute atomic E-state index is 12.2. The minimum atomic E-state index is 0.239. The van der Waals surface area contributed by atoms with E-state index in [0.29, 0.717) is 17.2 Å². The van der Waals surface area contributed by atoms with E-state index in [2.05, 4.69) is 24.1 Å². The van der Waals surface area contributed by atoms with E-state index in [4.69, 9.17) is 0 Å². The summed E-state index contributed by atoms with van der Waals surface area (Å²) in [5, 5.41) is 3.85. The van der Waals surface area contributed by atoms with E-state index in [1.165, 1.54) is 0 Å². The van der Waals surface area contributed by atoms with E-state index < -0.39 is 0 Å². The fourth-order valence-electron chi connectivity index (χ4n) is 2.34. The van der Waals surface area contributed by atoms with Crippen molar-refractivity contribution in [1.82, 2.24) is 10.2 Å². The smallest absolute Gasteiger partial charge is 0.227 e. The monoisotopic (exact) mass is 228 g/mol. The standard InChI is InChI=1S/C11H20N2OS/c1-8-9(2)15-6-5-13(8)11(14)10-3-4-12-7-10/h8-10,12H,3-7H2,1-2H3. The van der Waals surface area contributed by atoms with Gasteiger partial charge < -0.3 is 10.2 Å². The summed E-state index contributed by atoms with van der Waals surface area (Å²) in [7, 11) is 0. The lowest BCUT2D eigenvalue weighted by molar-refractivity contribution is -0.136. The van der Waals surface area contributed by atoms with Crippen molar-refractivity contribution in [2.45, 2.75) is 31.6 Å². The molecular weight excluding hydrogens is 208 g/mol. The molecule has 0 spiro atoms. The van der Waals surface area contributed by atoms with Crippen LogP contribution in [0, 0.1) is 5.92 Å². The Morgan fingerprint density at radius 1 is 1.47 bits per heavy atom. The van der Waals surface area contributed by atoms with Gasteiger partial charge in [-0.15, -0.1) is 0 Å². The van der Waals surface area contributed by atoms with Crippen LogP contribution in [-0.4, -0.2) is 47.5 Å². The lowest BCUT2D eigenvalue weighted by Gasteiger charge is -2.38. The first-order valence-electron chi connectivity index (χ1n) is 5.83. The van der Waals surface area contributed by atoms with Crippen LogP contribution in [0.1, 0.15) is 20.3 Å². The van der Waals surface area contributed by atoms with Gasteiger partial charge >= 0.3 is 0 Å². The zero-order valence-corrected chi connectivity index (χ0v) is 10.3. The SMILES string of the molecule is CC1SCCN(C(=O)C2CCNC2)C1C. The van der Waals surface area contributed by atoms with Gasteiger partial charge in [0.1, 0.15) is 0 Å². The van der Waals surface area contributed by atoms with E-state index >= 15 is 0 Å². The quantitative estimate of drug-likeness (QED) is 0.725. The Kier molecular flexibility index (Phi) is 3.57. The lowest BCUT2D eigenvalue weighted by Crippen LogP contribution is -2.50. The molecule has 3 nitrogen and oxygen atoms in total. The molecule has 2 aliphatic heterocycles. The van der Waals surface area contributed by atoms with Gasteiger partial charge in [0.15, 0.2) is 0 Å². The van der Waals surface area contributed by atoms with Gasteiger partial charge in [0.2, 0.25) is 5.91 Å². The molecule has 4 heteroatoms. The van der Waals surface area contributed by atoms with E-state index in [0.717, 1.165) is 31.8 Å². The average Bonchev–Trinajstić information content (AvgIpc) is 2.74. The highest BCUT2D eigenvalue weighted by atomic mass is 32.2. The molecule has 0 aromatic carbocycles. The molecule has 0 aromatic rings. The molecule has 2 fully saturated rings. The van der Waals surface area contributed by atoms with Gasteiger partial charge in [-0.25, -0.2) is 0 Å². The molecule has 0 saturated carbocycles. The minimum Gasteiger partial charge on any atom is -0.338 e. The number of nitrogens with zero attached hydrogens (tertiary/aromatic N) is 1. The van der Waals surface area contributed by atoms with Crippen molar-refractivity contribution in [2.75, 3.05) is 25.4 Å². The number of hydrogen-bond donors (Lipinski definition) is 1. The normalized spacial score (nSPS) is 36.9. The summed E-state index contributed by atoms with van der Waals surface area (Å²) in [6.07, 6.45) is 1.02. The fraction of sp³-hybridized carbons (Fsp3) is 0.909. The number of thioether (sulfide) groups is 1. The van der Waals surface area contributed by atoms with Crippen molar-refractivity contribution in [3.63, 3.8) is 0 Å². The van der Waals surface area contributed by atoms with Crippen molar-refractivity contribution in [3.05, 3.63) is 0 Å². The van der Waals surface area contributed by atoms with Crippen LogP contribution in [0.2, 0.25) is 0 Å². The number of carbonyl (C=O) groups is 1. The van der Waals surface area contributed by atoms with E-state index in [1.54, 1.807) is 0 Å². The fourth-order valence-corrected chi connectivity index (χ4v) is 3.44. The number of hydrogen-bond acceptors (Lipinski definition) is 3. The molecule has 3 unspecified atom stereocenters. The summed E-state index contributed by atoms with van der Waals surface area (Å²) in [5.41, 5.74) is 0. The van der Waals surface area contributed by atoms with Crippen molar-refractivity contribution in [3.8, 4) is 0 Å². The number of rotatable bonds is 1. The molecule has 3 atom stereocenters. The van der Waals surface area contributed by atoms with Crippen LogP contribution in [0.15, 0.2) is 0 Å². The summed E-state index contributed by atoms with van der Waals surface area (Å²) < 4.78 is 0. The molecule has 0 bridgehead atoms. The largest absolute Gasteiger partial charge is 0.338 e. The van der Waals surface area contributed by atoms with Crippen molar-refractivity contribution in [1.29, 1.82) is 0 Å². The van der Waals surface area contributed by atoms with Crippen LogP contribution in [0.3, 0.4) is 0 Å². The highest BCUT2D eigenvalue weighted by Crippen LogP contribution is 2.26. The predicted molar refractivity (Wildman–Crippen MR) is 64.1 cm³/mol. The van der Waals surface area contributed by atoms with Gasteiger partial charge in [-0.1, -0.05) is 6.92 Å². The van der Waals surface area contributed by atoms with Crippen LogP contribution < -0.4 is 5.32 Å². The molecule has 1 N–H and O–H groups in total. The van der Waals surface area contributed by atoms with Gasteiger partial charge in [-0.05, 0) is 19.9 Å². The topological polar surface area (TPSA) is 32.3 Å². The third-order valence-electron chi connectivity index (χ3n) is 3.58. The lowest BCUT2D eigenvalue weighted by atomic mass is 10.1. The Morgan fingerprint density at radius 2 is 2.27 bits per heavy atom. The minimum absolute atomic E-state index is 0.239. The highest BCUT2D eigenvalue weighted by molar-refractivity contribution is 8.00. The Morgan fingerprint density at radius 3 is 2.93 bits per heavy atom. The van der Waals surface area contributed by atoms with Crippen molar-refractivity contribution in [2.24, 2.45) is 5.92 Å². The summed E-state index contributed by atoms with van der Waals surface area (Å²) in [5.74, 6) is 1.71. The zero-order chi connectivity index (χ0) is 10.8. The molecule has 2 rings (SSSR count). The van der Waals surface area contributed by atoms with E-state index in [9.17, 15) is 4.79 Å². The first kappa shape index (κ1) is 11.3. The number of nitrogens with one attached hydrogen (secondary N) is 1. The second-order valence-corrected chi connectivity index (χ2v) is 6.02. The second-order valence-electron chi connectivity index (χ2n) is 4.54. The zero-order valence-electron chi connectivity index (χ0n) is 9.53.